The van der Waals surface area contributed by atoms with Crippen molar-refractivity contribution in [3.63, 3.8) is 0 Å². The summed E-state index contributed by atoms with van der Waals surface area (Å²) in [5.74, 6) is -0.259. The average Bonchev–Trinajstić information content (AvgIpc) is 2.67. The van der Waals surface area contributed by atoms with Crippen molar-refractivity contribution >= 4 is 16.9 Å². The van der Waals surface area contributed by atoms with Gasteiger partial charge < -0.3 is 19.7 Å². The fourth-order valence-corrected chi connectivity index (χ4v) is 2.99. The number of carbonyl (C=O) groups is 1. The monoisotopic (exact) mass is 381 g/mol. The number of aliphatic carboxylic acids is 1. The van der Waals surface area contributed by atoms with Gasteiger partial charge in [-0.05, 0) is 62.2 Å². The average molecular weight is 381 g/mol. The third-order valence-corrected chi connectivity index (χ3v) is 4.63. The van der Waals surface area contributed by atoms with E-state index in [0.717, 1.165) is 33.3 Å². The number of benzene rings is 2. The smallest absolute Gasteiger partial charge is 0.344 e. The number of fused-ring (bicyclic) bond motifs is 1. The first kappa shape index (κ1) is 19.6. The minimum Gasteiger partial charge on any atom is -0.493 e. The van der Waals surface area contributed by atoms with Gasteiger partial charge in [0.25, 0.3) is 0 Å². The van der Waals surface area contributed by atoms with E-state index in [9.17, 15) is 9.90 Å². The van der Waals surface area contributed by atoms with Crippen LogP contribution in [0.15, 0.2) is 42.5 Å². The quantitative estimate of drug-likeness (QED) is 0.668. The van der Waals surface area contributed by atoms with Crippen LogP contribution >= 0.6 is 0 Å². The summed E-state index contributed by atoms with van der Waals surface area (Å²) in [5, 5.41) is 19.9. The van der Waals surface area contributed by atoms with Crippen LogP contribution in [0.25, 0.3) is 22.2 Å². The lowest BCUT2D eigenvalue weighted by Gasteiger charge is -2.15. The summed E-state index contributed by atoms with van der Waals surface area (Å²) in [7, 11) is 1.51. The second-order valence-corrected chi connectivity index (χ2v) is 6.74. The van der Waals surface area contributed by atoms with E-state index < -0.39 is 18.2 Å². The molecule has 3 aromatic rings. The molecule has 2 aromatic carbocycles. The summed E-state index contributed by atoms with van der Waals surface area (Å²) in [4.78, 5) is 15.8. The maximum Gasteiger partial charge on any atom is 0.344 e. The van der Waals surface area contributed by atoms with Crippen molar-refractivity contribution < 1.29 is 24.5 Å². The van der Waals surface area contributed by atoms with E-state index in [1.165, 1.54) is 14.0 Å². The zero-order valence-electron chi connectivity index (χ0n) is 16.3. The van der Waals surface area contributed by atoms with E-state index in [-0.39, 0.29) is 0 Å². The van der Waals surface area contributed by atoms with Crippen LogP contribution in [-0.4, -0.2) is 34.4 Å². The Morgan fingerprint density at radius 1 is 1.07 bits per heavy atom. The van der Waals surface area contributed by atoms with Crippen molar-refractivity contribution in [2.75, 3.05) is 7.11 Å². The van der Waals surface area contributed by atoms with Crippen LogP contribution in [-0.2, 0) is 4.79 Å². The minimum atomic E-state index is -1.05. The van der Waals surface area contributed by atoms with E-state index >= 15 is 0 Å². The predicted octanol–water partition coefficient (Wildman–Crippen LogP) is 4.12. The Hall–Kier alpha value is -3.12. The van der Waals surface area contributed by atoms with Crippen molar-refractivity contribution in [1.29, 1.82) is 0 Å². The molecule has 2 N–H and O–H groups in total. The first-order valence-electron chi connectivity index (χ1n) is 8.97. The van der Waals surface area contributed by atoms with Gasteiger partial charge in [0.2, 0.25) is 0 Å². The Kier molecular flexibility index (Phi) is 5.51. The summed E-state index contributed by atoms with van der Waals surface area (Å²) in [6.45, 7) is 5.20. The zero-order chi connectivity index (χ0) is 20.4. The number of carboxylic acid groups (broad SMARTS) is 1. The van der Waals surface area contributed by atoms with E-state index in [0.29, 0.717) is 11.5 Å². The standard InChI is InChI=1S/C22H23NO5/c1-12-9-18(23-19-10-15(13(2)24)5-7-17(12)19)16-6-8-20(21(11-16)27-4)28-14(3)22(25)26/h5-11,13-14,24H,1-4H3,(H,25,26). The van der Waals surface area contributed by atoms with Crippen LogP contribution in [0.3, 0.4) is 0 Å². The molecule has 0 bridgehead atoms. The number of ether oxygens (including phenoxy) is 2. The summed E-state index contributed by atoms with van der Waals surface area (Å²) < 4.78 is 10.8. The van der Waals surface area contributed by atoms with Gasteiger partial charge in [-0.2, -0.15) is 0 Å². The number of pyridine rings is 1. The molecule has 0 saturated heterocycles. The number of hydrogen-bond donors (Lipinski definition) is 2. The molecular formula is C22H23NO5. The highest BCUT2D eigenvalue weighted by Gasteiger charge is 2.16. The highest BCUT2D eigenvalue weighted by Crippen LogP contribution is 2.34. The first-order chi connectivity index (χ1) is 13.3. The van der Waals surface area contributed by atoms with E-state index in [2.05, 4.69) is 0 Å². The maximum atomic E-state index is 11.0. The Morgan fingerprint density at radius 2 is 1.82 bits per heavy atom. The van der Waals surface area contributed by atoms with Crippen LogP contribution in [0.1, 0.15) is 31.1 Å². The predicted molar refractivity (Wildman–Crippen MR) is 107 cm³/mol. The third-order valence-electron chi connectivity index (χ3n) is 4.63. The molecule has 0 radical (unpaired) electrons. The molecule has 146 valence electrons. The molecule has 1 aromatic heterocycles. The van der Waals surface area contributed by atoms with Crippen LogP contribution in [0.4, 0.5) is 0 Å². The van der Waals surface area contributed by atoms with Crippen molar-refractivity contribution in [3.05, 3.63) is 53.6 Å². The minimum absolute atomic E-state index is 0.357. The maximum absolute atomic E-state index is 11.0. The summed E-state index contributed by atoms with van der Waals surface area (Å²) >= 11 is 0. The van der Waals surface area contributed by atoms with Crippen LogP contribution in [0, 0.1) is 6.92 Å². The lowest BCUT2D eigenvalue weighted by molar-refractivity contribution is -0.144. The van der Waals surface area contributed by atoms with E-state index in [1.54, 1.807) is 19.1 Å². The number of aliphatic hydroxyl groups is 1. The number of aliphatic hydroxyl groups excluding tert-OH is 1. The van der Waals surface area contributed by atoms with Crippen LogP contribution in [0.2, 0.25) is 0 Å². The van der Waals surface area contributed by atoms with Crippen molar-refractivity contribution in [1.82, 2.24) is 4.98 Å². The second-order valence-electron chi connectivity index (χ2n) is 6.74. The molecular weight excluding hydrogens is 358 g/mol. The highest BCUT2D eigenvalue weighted by molar-refractivity contribution is 5.86. The van der Waals surface area contributed by atoms with Gasteiger partial charge in [0, 0.05) is 10.9 Å². The summed E-state index contributed by atoms with van der Waals surface area (Å²) in [6, 6.07) is 13.0. The Morgan fingerprint density at radius 3 is 2.46 bits per heavy atom. The molecule has 6 nitrogen and oxygen atoms in total. The molecule has 0 saturated carbocycles. The lowest BCUT2D eigenvalue weighted by Crippen LogP contribution is -2.23. The fraction of sp³-hybridized carbons (Fsp3) is 0.273. The first-order valence-corrected chi connectivity index (χ1v) is 8.97. The third kappa shape index (κ3) is 3.92. The highest BCUT2D eigenvalue weighted by atomic mass is 16.5. The molecule has 0 fully saturated rings. The second kappa shape index (κ2) is 7.86. The van der Waals surface area contributed by atoms with Gasteiger partial charge in [0.05, 0.1) is 24.4 Å². The Balaban J connectivity index is 2.05. The number of methoxy groups -OCH3 is 1. The fourth-order valence-electron chi connectivity index (χ4n) is 2.99. The van der Waals surface area contributed by atoms with E-state index in [1.807, 2.05) is 37.3 Å². The van der Waals surface area contributed by atoms with Gasteiger partial charge in [0.1, 0.15) is 0 Å². The lowest BCUT2D eigenvalue weighted by atomic mass is 10.0. The number of aryl methyl sites for hydroxylation is 1. The molecule has 2 atom stereocenters. The molecule has 6 heteroatoms. The van der Waals surface area contributed by atoms with Gasteiger partial charge in [-0.15, -0.1) is 0 Å². The molecule has 0 aliphatic heterocycles. The van der Waals surface area contributed by atoms with Gasteiger partial charge in [0.15, 0.2) is 17.6 Å². The number of rotatable bonds is 6. The molecule has 2 unspecified atom stereocenters. The molecule has 28 heavy (non-hydrogen) atoms. The zero-order valence-corrected chi connectivity index (χ0v) is 16.3. The largest absolute Gasteiger partial charge is 0.493 e. The van der Waals surface area contributed by atoms with Crippen molar-refractivity contribution in [3.8, 4) is 22.8 Å². The Bertz CT molecular complexity index is 1030. The van der Waals surface area contributed by atoms with Gasteiger partial charge in [-0.3, -0.25) is 0 Å². The number of hydrogen-bond acceptors (Lipinski definition) is 5. The van der Waals surface area contributed by atoms with Gasteiger partial charge in [-0.25, -0.2) is 9.78 Å². The molecule has 0 aliphatic rings. The SMILES string of the molecule is COc1cc(-c2cc(C)c3ccc(C(C)O)cc3n2)ccc1OC(C)C(=O)O. The Labute approximate surface area is 163 Å². The molecule has 1 heterocycles. The summed E-state index contributed by atoms with van der Waals surface area (Å²) in [6.07, 6.45) is -1.55. The van der Waals surface area contributed by atoms with Gasteiger partial charge in [-0.1, -0.05) is 12.1 Å². The van der Waals surface area contributed by atoms with E-state index in [4.69, 9.17) is 19.6 Å². The molecule has 0 spiro atoms. The van der Waals surface area contributed by atoms with Crippen LogP contribution in [0.5, 0.6) is 11.5 Å². The molecule has 3 rings (SSSR count). The van der Waals surface area contributed by atoms with Crippen molar-refractivity contribution in [2.45, 2.75) is 33.0 Å². The van der Waals surface area contributed by atoms with Crippen molar-refractivity contribution in [2.24, 2.45) is 0 Å². The topological polar surface area (TPSA) is 88.9 Å². The molecule has 0 amide bonds. The number of nitrogens with zero attached hydrogens (tertiary/aromatic N) is 1. The number of aromatic nitrogens is 1. The number of carboxylic acids is 1. The normalized spacial score (nSPS) is 13.2. The van der Waals surface area contributed by atoms with Crippen LogP contribution < -0.4 is 9.47 Å². The summed E-state index contributed by atoms with van der Waals surface area (Å²) in [5.41, 5.74) is 4.24. The molecule has 0 aliphatic carbocycles. The van der Waals surface area contributed by atoms with Gasteiger partial charge >= 0.3 is 5.97 Å².